The van der Waals surface area contributed by atoms with E-state index >= 15 is 0 Å². The summed E-state index contributed by atoms with van der Waals surface area (Å²) in [4.78, 5) is 31.1. The molecule has 2 amide bonds. The van der Waals surface area contributed by atoms with Crippen molar-refractivity contribution in [2.75, 3.05) is 18.5 Å². The third-order valence-electron chi connectivity index (χ3n) is 9.65. The fraction of sp³-hybridized carbons (Fsp3) is 0.262. The number of hydrogen-bond donors (Lipinski definition) is 2. The Hall–Kier alpha value is -6.83. The number of anilines is 1. The maximum absolute atomic E-state index is 13.5. The van der Waals surface area contributed by atoms with Crippen LogP contribution < -0.4 is 20.1 Å². The van der Waals surface area contributed by atoms with Crippen molar-refractivity contribution in [3.8, 4) is 22.8 Å². The summed E-state index contributed by atoms with van der Waals surface area (Å²) in [5, 5.41) is 23.9. The Kier molecular flexibility index (Phi) is 10.5. The van der Waals surface area contributed by atoms with Gasteiger partial charge in [-0.1, -0.05) is 47.7 Å². The van der Waals surface area contributed by atoms with Crippen molar-refractivity contribution in [1.82, 2.24) is 44.7 Å². The lowest BCUT2D eigenvalue weighted by Crippen LogP contribution is -2.26. The second-order valence-corrected chi connectivity index (χ2v) is 13.8. The molecule has 0 saturated heterocycles. The highest BCUT2D eigenvalue weighted by Crippen LogP contribution is 2.25. The van der Waals surface area contributed by atoms with Crippen LogP contribution in [0.4, 0.5) is 5.69 Å². The number of rotatable bonds is 15. The first-order valence-electron chi connectivity index (χ1n) is 18.8. The standard InChI is InChI=1S/C42H42N10O4/c1-28-23-29(2)52-40(45-28)35(24-44-52)41(53)46-32-14-12-31(13-15-32)36-25-50(49-47-36)26-37-39(38-11-8-21-51(38)48-37)42(54)43-20-6-7-22-55-33-16-18-34(19-17-33)56-27-30-9-4-3-5-10-30/h3-5,9-10,12-19,23-25H,6-8,11,20-22,26-27H2,1-2H3,(H,43,54)(H,46,53). The quantitative estimate of drug-likeness (QED) is 0.116. The number of ether oxygens (including phenoxy) is 2. The van der Waals surface area contributed by atoms with Crippen molar-refractivity contribution in [2.45, 2.75) is 59.2 Å². The lowest BCUT2D eigenvalue weighted by atomic mass is 10.1. The summed E-state index contributed by atoms with van der Waals surface area (Å²) in [6.07, 6.45) is 6.69. The van der Waals surface area contributed by atoms with Crippen LogP contribution in [0.5, 0.6) is 11.5 Å². The van der Waals surface area contributed by atoms with Crippen LogP contribution in [0.15, 0.2) is 97.3 Å². The predicted octanol–water partition coefficient (Wildman–Crippen LogP) is 6.22. The van der Waals surface area contributed by atoms with E-state index < -0.39 is 0 Å². The highest BCUT2D eigenvalue weighted by Gasteiger charge is 2.27. The smallest absolute Gasteiger partial charge is 0.261 e. The second kappa shape index (κ2) is 16.3. The first-order chi connectivity index (χ1) is 27.4. The molecule has 5 heterocycles. The van der Waals surface area contributed by atoms with Crippen molar-refractivity contribution in [3.05, 3.63) is 137 Å². The molecule has 4 aromatic heterocycles. The summed E-state index contributed by atoms with van der Waals surface area (Å²) in [5.74, 6) is 1.15. The predicted molar refractivity (Wildman–Crippen MR) is 210 cm³/mol. The Balaban J connectivity index is 0.821. The minimum Gasteiger partial charge on any atom is -0.494 e. The zero-order valence-electron chi connectivity index (χ0n) is 31.3. The summed E-state index contributed by atoms with van der Waals surface area (Å²) < 4.78 is 17.1. The Morgan fingerprint density at radius 2 is 1.68 bits per heavy atom. The van der Waals surface area contributed by atoms with Gasteiger partial charge in [0.25, 0.3) is 11.8 Å². The van der Waals surface area contributed by atoms with Gasteiger partial charge in [-0.2, -0.15) is 10.2 Å². The molecule has 7 aromatic rings. The number of nitrogens with zero attached hydrogens (tertiary/aromatic N) is 8. The number of hydrogen-bond acceptors (Lipinski definition) is 9. The van der Waals surface area contributed by atoms with Crippen molar-refractivity contribution >= 4 is 23.1 Å². The van der Waals surface area contributed by atoms with Crippen LogP contribution in [-0.4, -0.2) is 64.3 Å². The molecule has 8 rings (SSSR count). The molecule has 14 heteroatoms. The van der Waals surface area contributed by atoms with E-state index in [1.807, 2.05) is 110 Å². The minimum absolute atomic E-state index is 0.127. The molecular formula is C42H42N10O4. The fourth-order valence-corrected chi connectivity index (χ4v) is 6.85. The molecule has 1 aliphatic heterocycles. The van der Waals surface area contributed by atoms with Crippen LogP contribution >= 0.6 is 0 Å². The largest absolute Gasteiger partial charge is 0.494 e. The van der Waals surface area contributed by atoms with E-state index in [1.54, 1.807) is 9.20 Å². The van der Waals surface area contributed by atoms with Crippen LogP contribution in [0.25, 0.3) is 16.9 Å². The number of carbonyl (C=O) groups excluding carboxylic acids is 2. The third kappa shape index (κ3) is 8.14. The Labute approximate surface area is 323 Å². The van der Waals surface area contributed by atoms with Gasteiger partial charge in [0.1, 0.15) is 29.4 Å². The molecule has 2 N–H and O–H groups in total. The molecule has 284 valence electrons. The van der Waals surface area contributed by atoms with E-state index in [4.69, 9.17) is 14.6 Å². The van der Waals surface area contributed by atoms with E-state index in [0.29, 0.717) is 60.2 Å². The van der Waals surface area contributed by atoms with Crippen LogP contribution in [0.2, 0.25) is 0 Å². The average Bonchev–Trinajstić information content (AvgIpc) is 4.02. The lowest BCUT2D eigenvalue weighted by Gasteiger charge is -2.10. The van der Waals surface area contributed by atoms with Crippen molar-refractivity contribution in [1.29, 1.82) is 0 Å². The van der Waals surface area contributed by atoms with Gasteiger partial charge in [-0.15, -0.1) is 5.10 Å². The molecule has 0 unspecified atom stereocenters. The molecule has 0 fully saturated rings. The van der Waals surface area contributed by atoms with Crippen LogP contribution in [0.3, 0.4) is 0 Å². The van der Waals surface area contributed by atoms with E-state index in [0.717, 1.165) is 71.9 Å². The fourth-order valence-electron chi connectivity index (χ4n) is 6.85. The number of carbonyl (C=O) groups is 2. The SMILES string of the molecule is Cc1cc(C)n2ncc(C(=O)Nc3ccc(-c4cn(Cc5nn6c(c5C(=O)NCCCCOc5ccc(OCc7ccccc7)cc5)CCC6)nn4)cc3)c2n1. The van der Waals surface area contributed by atoms with Crippen LogP contribution in [0.1, 0.15) is 68.3 Å². The number of aromatic nitrogens is 8. The van der Waals surface area contributed by atoms with Crippen molar-refractivity contribution in [3.63, 3.8) is 0 Å². The Bertz CT molecular complexity index is 2470. The Morgan fingerprint density at radius 1 is 0.893 bits per heavy atom. The number of aryl methyl sites for hydroxylation is 3. The summed E-state index contributed by atoms with van der Waals surface area (Å²) in [6.45, 7) is 6.49. The number of nitrogens with one attached hydrogen (secondary N) is 2. The normalized spacial score (nSPS) is 12.1. The van der Waals surface area contributed by atoms with Crippen molar-refractivity contribution < 1.29 is 19.1 Å². The molecule has 0 saturated carbocycles. The van der Waals surface area contributed by atoms with Gasteiger partial charge in [0.2, 0.25) is 0 Å². The van der Waals surface area contributed by atoms with Gasteiger partial charge >= 0.3 is 0 Å². The second-order valence-electron chi connectivity index (χ2n) is 13.8. The molecule has 3 aromatic carbocycles. The van der Waals surface area contributed by atoms with Crippen LogP contribution in [0, 0.1) is 13.8 Å². The van der Waals surface area contributed by atoms with E-state index in [-0.39, 0.29) is 11.8 Å². The van der Waals surface area contributed by atoms with Gasteiger partial charge in [0, 0.05) is 35.7 Å². The third-order valence-corrected chi connectivity index (χ3v) is 9.65. The maximum atomic E-state index is 13.5. The van der Waals surface area contributed by atoms with Gasteiger partial charge in [-0.25, -0.2) is 14.2 Å². The summed E-state index contributed by atoms with van der Waals surface area (Å²) in [5.41, 5.74) is 8.11. The average molecular weight is 751 g/mol. The maximum Gasteiger partial charge on any atom is 0.261 e. The van der Waals surface area contributed by atoms with Gasteiger partial charge in [-0.05, 0) is 87.6 Å². The molecule has 1 aliphatic rings. The first kappa shape index (κ1) is 36.2. The van der Waals surface area contributed by atoms with Gasteiger partial charge in [0.15, 0.2) is 5.65 Å². The highest BCUT2D eigenvalue weighted by molar-refractivity contribution is 6.08. The summed E-state index contributed by atoms with van der Waals surface area (Å²) >= 11 is 0. The number of fused-ring (bicyclic) bond motifs is 2. The molecule has 0 atom stereocenters. The van der Waals surface area contributed by atoms with E-state index in [1.165, 1.54) is 6.20 Å². The zero-order chi connectivity index (χ0) is 38.4. The van der Waals surface area contributed by atoms with E-state index in [2.05, 4.69) is 31.0 Å². The molecule has 0 aliphatic carbocycles. The zero-order valence-corrected chi connectivity index (χ0v) is 31.3. The summed E-state index contributed by atoms with van der Waals surface area (Å²) in [7, 11) is 0. The first-order valence-corrected chi connectivity index (χ1v) is 18.8. The molecule has 0 radical (unpaired) electrons. The van der Waals surface area contributed by atoms with Gasteiger partial charge in [0.05, 0.1) is 42.5 Å². The van der Waals surface area contributed by atoms with Crippen LogP contribution in [-0.2, 0) is 26.1 Å². The number of unbranched alkanes of at least 4 members (excludes halogenated alkanes) is 1. The van der Waals surface area contributed by atoms with Gasteiger partial charge < -0.3 is 20.1 Å². The van der Waals surface area contributed by atoms with Gasteiger partial charge in [-0.3, -0.25) is 14.3 Å². The van der Waals surface area contributed by atoms with E-state index in [9.17, 15) is 9.59 Å². The molecule has 56 heavy (non-hydrogen) atoms. The summed E-state index contributed by atoms with van der Waals surface area (Å²) in [6, 6.07) is 27.0. The molecule has 0 bridgehead atoms. The number of benzene rings is 3. The number of amides is 2. The Morgan fingerprint density at radius 3 is 2.48 bits per heavy atom. The van der Waals surface area contributed by atoms with Crippen molar-refractivity contribution in [2.24, 2.45) is 0 Å². The molecule has 14 nitrogen and oxygen atoms in total. The minimum atomic E-state index is -0.291. The topological polar surface area (TPSA) is 155 Å². The highest BCUT2D eigenvalue weighted by atomic mass is 16.5. The lowest BCUT2D eigenvalue weighted by molar-refractivity contribution is 0.0949. The monoisotopic (exact) mass is 750 g/mol. The molecular weight excluding hydrogens is 709 g/mol. The molecule has 0 spiro atoms.